The number of carbonyl (C=O) groups excluding carboxylic acids is 1. The highest BCUT2D eigenvalue weighted by atomic mass is 79.9. The maximum Gasteiger partial charge on any atom is 0.328 e. The molecule has 0 amide bonds. The quantitative estimate of drug-likeness (QED) is 0.837. The fourth-order valence-corrected chi connectivity index (χ4v) is 2.20. The molecule has 1 aromatic rings. The van der Waals surface area contributed by atoms with E-state index in [0.29, 0.717) is 23.2 Å². The first kappa shape index (κ1) is 15.2. The molecular formula is C12H16BrClN2O2. The normalized spacial score (nSPS) is 12.3. The van der Waals surface area contributed by atoms with E-state index in [1.54, 1.807) is 12.3 Å². The van der Waals surface area contributed by atoms with Crippen LogP contribution in [0.4, 0.5) is 5.82 Å². The van der Waals surface area contributed by atoms with Gasteiger partial charge in [0.25, 0.3) is 0 Å². The molecule has 0 spiro atoms. The van der Waals surface area contributed by atoms with E-state index < -0.39 is 6.04 Å². The average Bonchev–Trinajstić information content (AvgIpc) is 2.30. The minimum atomic E-state index is -0.443. The molecule has 0 saturated heterocycles. The summed E-state index contributed by atoms with van der Waals surface area (Å²) < 4.78 is 5.56. The van der Waals surface area contributed by atoms with Crippen LogP contribution in [0.1, 0.15) is 20.3 Å². The summed E-state index contributed by atoms with van der Waals surface area (Å²) in [6.07, 6.45) is 2.28. The van der Waals surface area contributed by atoms with Crippen LogP contribution in [0.5, 0.6) is 0 Å². The Kier molecular flexibility index (Phi) is 5.88. The maximum atomic E-state index is 11.7. The number of halogens is 2. The van der Waals surface area contributed by atoms with Crippen molar-refractivity contribution >= 4 is 39.3 Å². The predicted molar refractivity (Wildman–Crippen MR) is 75.8 cm³/mol. The van der Waals surface area contributed by atoms with Crippen molar-refractivity contribution in [2.45, 2.75) is 26.3 Å². The van der Waals surface area contributed by atoms with Gasteiger partial charge >= 0.3 is 5.97 Å². The first-order valence-corrected chi connectivity index (χ1v) is 6.76. The molecule has 0 fully saturated rings. The van der Waals surface area contributed by atoms with Gasteiger partial charge in [-0.15, -0.1) is 0 Å². The summed E-state index contributed by atoms with van der Waals surface area (Å²) in [5.74, 6) is 0.524. The van der Waals surface area contributed by atoms with Crippen LogP contribution >= 0.6 is 27.5 Å². The lowest BCUT2D eigenvalue weighted by atomic mass is 10.0. The van der Waals surface area contributed by atoms with Gasteiger partial charge in [-0.3, -0.25) is 0 Å². The molecule has 18 heavy (non-hydrogen) atoms. The van der Waals surface area contributed by atoms with Crippen molar-refractivity contribution in [3.8, 4) is 0 Å². The van der Waals surface area contributed by atoms with Gasteiger partial charge in [0.2, 0.25) is 0 Å². The zero-order valence-electron chi connectivity index (χ0n) is 10.5. The van der Waals surface area contributed by atoms with Gasteiger partial charge in [0.15, 0.2) is 0 Å². The summed E-state index contributed by atoms with van der Waals surface area (Å²) in [5.41, 5.74) is 0. The Balaban J connectivity index is 2.85. The van der Waals surface area contributed by atoms with E-state index in [0.717, 1.165) is 4.47 Å². The standard InChI is InChI=1S/C12H16BrClN2O2/c1-7(2)4-10(12(17)18-3)16-11-9(14)5-8(13)6-15-11/h5-7,10H,4H2,1-3H3,(H,15,16). The molecule has 4 nitrogen and oxygen atoms in total. The van der Waals surface area contributed by atoms with Crippen LogP contribution < -0.4 is 5.32 Å². The zero-order chi connectivity index (χ0) is 13.7. The SMILES string of the molecule is COC(=O)C(CC(C)C)Nc1ncc(Br)cc1Cl. The summed E-state index contributed by atoms with van der Waals surface area (Å²) >= 11 is 9.33. The van der Waals surface area contributed by atoms with Crippen molar-refractivity contribution in [3.05, 3.63) is 21.8 Å². The number of hydrogen-bond acceptors (Lipinski definition) is 4. The van der Waals surface area contributed by atoms with Crippen molar-refractivity contribution in [2.75, 3.05) is 12.4 Å². The molecule has 1 N–H and O–H groups in total. The van der Waals surface area contributed by atoms with Gasteiger partial charge in [0.1, 0.15) is 11.9 Å². The van der Waals surface area contributed by atoms with Crippen molar-refractivity contribution < 1.29 is 9.53 Å². The Morgan fingerprint density at radius 2 is 2.28 bits per heavy atom. The Bertz CT molecular complexity index is 427. The minimum Gasteiger partial charge on any atom is -0.467 e. The van der Waals surface area contributed by atoms with E-state index in [2.05, 4.69) is 26.2 Å². The summed E-state index contributed by atoms with van der Waals surface area (Å²) in [6, 6.07) is 1.28. The molecule has 1 rings (SSSR count). The Labute approximate surface area is 120 Å². The summed E-state index contributed by atoms with van der Waals surface area (Å²) in [7, 11) is 1.37. The van der Waals surface area contributed by atoms with E-state index in [9.17, 15) is 4.79 Å². The Morgan fingerprint density at radius 3 is 2.78 bits per heavy atom. The number of hydrogen-bond donors (Lipinski definition) is 1. The number of carbonyl (C=O) groups is 1. The first-order chi connectivity index (χ1) is 8.43. The van der Waals surface area contributed by atoms with Gasteiger partial charge in [-0.1, -0.05) is 25.4 Å². The summed E-state index contributed by atoms with van der Waals surface area (Å²) in [5, 5.41) is 3.48. The Hall–Kier alpha value is -0.810. The fraction of sp³-hybridized carbons (Fsp3) is 0.500. The van der Waals surface area contributed by atoms with E-state index in [4.69, 9.17) is 16.3 Å². The number of methoxy groups -OCH3 is 1. The third-order valence-corrected chi connectivity index (χ3v) is 3.03. The topological polar surface area (TPSA) is 51.2 Å². The summed E-state index contributed by atoms with van der Waals surface area (Å²) in [4.78, 5) is 15.8. The number of rotatable bonds is 5. The smallest absolute Gasteiger partial charge is 0.328 e. The molecule has 0 radical (unpaired) electrons. The number of esters is 1. The van der Waals surface area contributed by atoms with E-state index in [1.165, 1.54) is 7.11 Å². The van der Waals surface area contributed by atoms with Crippen LogP contribution in [0.2, 0.25) is 5.02 Å². The second-order valence-electron chi connectivity index (χ2n) is 4.33. The molecule has 0 bridgehead atoms. The van der Waals surface area contributed by atoms with Gasteiger partial charge in [-0.25, -0.2) is 9.78 Å². The molecule has 1 unspecified atom stereocenters. The van der Waals surface area contributed by atoms with Crippen molar-refractivity contribution in [3.63, 3.8) is 0 Å². The summed E-state index contributed by atoms with van der Waals surface area (Å²) in [6.45, 7) is 4.07. The number of nitrogens with one attached hydrogen (secondary N) is 1. The highest BCUT2D eigenvalue weighted by molar-refractivity contribution is 9.10. The highest BCUT2D eigenvalue weighted by Crippen LogP contribution is 2.24. The van der Waals surface area contributed by atoms with Crippen molar-refractivity contribution in [2.24, 2.45) is 5.92 Å². The first-order valence-electron chi connectivity index (χ1n) is 5.59. The van der Waals surface area contributed by atoms with E-state index in [1.807, 2.05) is 13.8 Å². The highest BCUT2D eigenvalue weighted by Gasteiger charge is 2.21. The van der Waals surface area contributed by atoms with Crippen LogP contribution in [0, 0.1) is 5.92 Å². The molecule has 1 heterocycles. The average molecular weight is 336 g/mol. The maximum absolute atomic E-state index is 11.7. The van der Waals surface area contributed by atoms with Crippen LogP contribution in [0.25, 0.3) is 0 Å². The lowest BCUT2D eigenvalue weighted by Gasteiger charge is -2.19. The predicted octanol–water partition coefficient (Wildman–Crippen LogP) is 3.50. The van der Waals surface area contributed by atoms with Gasteiger partial charge in [-0.2, -0.15) is 0 Å². The molecule has 1 aromatic heterocycles. The molecule has 0 saturated carbocycles. The molecule has 0 aliphatic heterocycles. The minimum absolute atomic E-state index is 0.315. The van der Waals surface area contributed by atoms with Crippen LogP contribution in [0.3, 0.4) is 0 Å². The molecular weight excluding hydrogens is 320 g/mol. The largest absolute Gasteiger partial charge is 0.467 e. The van der Waals surface area contributed by atoms with Gasteiger partial charge < -0.3 is 10.1 Å². The van der Waals surface area contributed by atoms with Crippen LogP contribution in [-0.2, 0) is 9.53 Å². The number of ether oxygens (including phenoxy) is 1. The monoisotopic (exact) mass is 334 g/mol. The second kappa shape index (κ2) is 6.95. The molecule has 100 valence electrons. The number of aromatic nitrogens is 1. The lowest BCUT2D eigenvalue weighted by molar-refractivity contribution is -0.141. The zero-order valence-corrected chi connectivity index (χ0v) is 12.9. The van der Waals surface area contributed by atoms with Crippen LogP contribution in [-0.4, -0.2) is 24.1 Å². The van der Waals surface area contributed by atoms with Gasteiger partial charge in [0, 0.05) is 10.7 Å². The fourth-order valence-electron chi connectivity index (χ4n) is 1.51. The van der Waals surface area contributed by atoms with Gasteiger partial charge in [0.05, 0.1) is 12.1 Å². The number of anilines is 1. The van der Waals surface area contributed by atoms with E-state index in [-0.39, 0.29) is 5.97 Å². The third-order valence-electron chi connectivity index (χ3n) is 2.31. The Morgan fingerprint density at radius 1 is 1.61 bits per heavy atom. The number of pyridine rings is 1. The molecule has 0 aliphatic carbocycles. The van der Waals surface area contributed by atoms with Gasteiger partial charge in [-0.05, 0) is 34.3 Å². The number of nitrogens with zero attached hydrogens (tertiary/aromatic N) is 1. The third kappa shape index (κ3) is 4.46. The molecule has 1 atom stereocenters. The second-order valence-corrected chi connectivity index (χ2v) is 5.66. The lowest BCUT2D eigenvalue weighted by Crippen LogP contribution is -2.32. The molecule has 0 aliphatic rings. The van der Waals surface area contributed by atoms with Crippen molar-refractivity contribution in [1.29, 1.82) is 0 Å². The van der Waals surface area contributed by atoms with E-state index >= 15 is 0 Å². The molecule has 6 heteroatoms. The molecule has 0 aromatic carbocycles. The van der Waals surface area contributed by atoms with Crippen molar-refractivity contribution in [1.82, 2.24) is 4.98 Å². The van der Waals surface area contributed by atoms with Crippen LogP contribution in [0.15, 0.2) is 16.7 Å².